The predicted octanol–water partition coefficient (Wildman–Crippen LogP) is 1.18. The number of rotatable bonds is 1. The smallest absolute Gasteiger partial charge is 0.290 e. The van der Waals surface area contributed by atoms with E-state index in [1.54, 1.807) is 0 Å². The van der Waals surface area contributed by atoms with E-state index in [2.05, 4.69) is 4.52 Å². The number of phosphoric acid groups is 1. The van der Waals surface area contributed by atoms with Crippen LogP contribution in [0.1, 0.15) is 6.42 Å². The van der Waals surface area contributed by atoms with E-state index in [1.807, 2.05) is 0 Å². The van der Waals surface area contributed by atoms with Gasteiger partial charge in [-0.15, -0.1) is 0 Å². The Bertz CT molecular complexity index is 125. The Morgan fingerprint density at radius 2 is 2.00 bits per heavy atom. The van der Waals surface area contributed by atoms with Gasteiger partial charge >= 0.3 is 7.82 Å². The first-order valence-corrected chi connectivity index (χ1v) is 4.18. The average molecular weight is 152 g/mol. The summed E-state index contributed by atoms with van der Waals surface area (Å²) in [5, 5.41) is 0. The van der Waals surface area contributed by atoms with Crippen LogP contribution in [0.2, 0.25) is 0 Å². The van der Waals surface area contributed by atoms with Crippen LogP contribution in [0.25, 0.3) is 0 Å². The standard InChI is InChI=1S/C4H9O4P/c1-6-9(5)7-3-2-4-8-9/h2-4H2,1H3. The molecule has 5 heteroatoms. The lowest BCUT2D eigenvalue weighted by Gasteiger charge is -2.19. The molecule has 1 aliphatic rings. The minimum atomic E-state index is -3.09. The summed E-state index contributed by atoms with van der Waals surface area (Å²) in [4.78, 5) is 0. The van der Waals surface area contributed by atoms with Crippen molar-refractivity contribution < 1.29 is 18.1 Å². The van der Waals surface area contributed by atoms with Crippen molar-refractivity contribution in [2.75, 3.05) is 20.3 Å². The highest BCUT2D eigenvalue weighted by atomic mass is 31.2. The van der Waals surface area contributed by atoms with Gasteiger partial charge in [0.15, 0.2) is 0 Å². The second-order valence-electron chi connectivity index (χ2n) is 1.65. The second-order valence-corrected chi connectivity index (χ2v) is 3.43. The summed E-state index contributed by atoms with van der Waals surface area (Å²) >= 11 is 0. The summed E-state index contributed by atoms with van der Waals surface area (Å²) < 4.78 is 24.9. The van der Waals surface area contributed by atoms with Crippen LogP contribution in [0.3, 0.4) is 0 Å². The Morgan fingerprint density at radius 3 is 2.33 bits per heavy atom. The molecule has 0 aromatic rings. The van der Waals surface area contributed by atoms with Crippen LogP contribution >= 0.6 is 7.82 Å². The molecule has 0 radical (unpaired) electrons. The summed E-state index contributed by atoms with van der Waals surface area (Å²) in [6.07, 6.45) is 0.785. The first-order valence-electron chi connectivity index (χ1n) is 2.72. The van der Waals surface area contributed by atoms with Crippen molar-refractivity contribution in [2.24, 2.45) is 0 Å². The van der Waals surface area contributed by atoms with Crippen molar-refractivity contribution in [3.8, 4) is 0 Å². The van der Waals surface area contributed by atoms with Crippen LogP contribution in [-0.4, -0.2) is 20.3 Å². The van der Waals surface area contributed by atoms with E-state index in [0.717, 1.165) is 6.42 Å². The van der Waals surface area contributed by atoms with Crippen molar-refractivity contribution in [3.05, 3.63) is 0 Å². The van der Waals surface area contributed by atoms with Crippen molar-refractivity contribution in [1.82, 2.24) is 0 Å². The quantitative estimate of drug-likeness (QED) is 0.529. The monoisotopic (exact) mass is 152 g/mol. The van der Waals surface area contributed by atoms with Gasteiger partial charge in [-0.2, -0.15) is 0 Å². The van der Waals surface area contributed by atoms with Crippen LogP contribution < -0.4 is 0 Å². The Morgan fingerprint density at radius 1 is 1.44 bits per heavy atom. The van der Waals surface area contributed by atoms with Gasteiger partial charge < -0.3 is 0 Å². The lowest BCUT2D eigenvalue weighted by molar-refractivity contribution is 0.0880. The van der Waals surface area contributed by atoms with Gasteiger partial charge in [0.25, 0.3) is 0 Å². The maximum Gasteiger partial charge on any atom is 0.474 e. The molecule has 0 bridgehead atoms. The fourth-order valence-corrected chi connectivity index (χ4v) is 1.55. The molecule has 1 rings (SSSR count). The molecule has 0 amide bonds. The average Bonchev–Trinajstić information content (AvgIpc) is 1.90. The molecule has 1 saturated heterocycles. The molecule has 1 fully saturated rings. The van der Waals surface area contributed by atoms with Crippen LogP contribution in [0.15, 0.2) is 0 Å². The highest BCUT2D eigenvalue weighted by Gasteiger charge is 2.27. The number of hydrogen-bond acceptors (Lipinski definition) is 4. The Balaban J connectivity index is 2.47. The molecule has 0 unspecified atom stereocenters. The molecule has 1 aliphatic heterocycles. The normalized spacial score (nSPS) is 25.9. The molecule has 0 saturated carbocycles. The molecular formula is C4H9O4P. The Labute approximate surface area is 53.7 Å². The summed E-state index contributed by atoms with van der Waals surface area (Å²) in [5.41, 5.74) is 0. The number of phosphoric ester groups is 1. The molecule has 0 aromatic heterocycles. The van der Waals surface area contributed by atoms with Crippen LogP contribution in [0, 0.1) is 0 Å². The fraction of sp³-hybridized carbons (Fsp3) is 1.00. The van der Waals surface area contributed by atoms with Crippen molar-refractivity contribution in [3.63, 3.8) is 0 Å². The first-order chi connectivity index (χ1) is 4.27. The van der Waals surface area contributed by atoms with Gasteiger partial charge in [0.05, 0.1) is 13.2 Å². The highest BCUT2D eigenvalue weighted by Crippen LogP contribution is 2.50. The molecule has 54 valence electrons. The highest BCUT2D eigenvalue weighted by molar-refractivity contribution is 7.48. The predicted molar refractivity (Wildman–Crippen MR) is 31.1 cm³/mol. The molecule has 1 heterocycles. The first kappa shape index (κ1) is 7.22. The summed E-state index contributed by atoms with van der Waals surface area (Å²) in [6, 6.07) is 0. The maximum absolute atomic E-state index is 10.9. The minimum absolute atomic E-state index is 0.463. The molecule has 0 N–H and O–H groups in total. The third kappa shape index (κ3) is 1.76. The number of hydrogen-bond donors (Lipinski definition) is 0. The van der Waals surface area contributed by atoms with Crippen molar-refractivity contribution >= 4 is 7.82 Å². The molecular weight excluding hydrogens is 143 g/mol. The van der Waals surface area contributed by atoms with E-state index in [0.29, 0.717) is 13.2 Å². The Kier molecular flexibility index (Phi) is 2.24. The molecule has 9 heavy (non-hydrogen) atoms. The van der Waals surface area contributed by atoms with Gasteiger partial charge in [0, 0.05) is 7.11 Å². The van der Waals surface area contributed by atoms with E-state index < -0.39 is 7.82 Å². The van der Waals surface area contributed by atoms with E-state index >= 15 is 0 Å². The van der Waals surface area contributed by atoms with E-state index in [1.165, 1.54) is 7.11 Å². The van der Waals surface area contributed by atoms with Gasteiger partial charge in [-0.3, -0.25) is 13.6 Å². The Hall–Kier alpha value is 0.110. The molecule has 0 aliphatic carbocycles. The maximum atomic E-state index is 10.9. The molecule has 4 nitrogen and oxygen atoms in total. The minimum Gasteiger partial charge on any atom is -0.290 e. The molecule has 0 atom stereocenters. The van der Waals surface area contributed by atoms with Crippen LogP contribution in [-0.2, 0) is 18.1 Å². The van der Waals surface area contributed by atoms with Crippen molar-refractivity contribution in [1.29, 1.82) is 0 Å². The third-order valence-electron chi connectivity index (χ3n) is 1.01. The van der Waals surface area contributed by atoms with Gasteiger partial charge in [-0.25, -0.2) is 4.57 Å². The zero-order valence-corrected chi connectivity index (χ0v) is 6.10. The van der Waals surface area contributed by atoms with Gasteiger partial charge in [-0.05, 0) is 6.42 Å². The SMILES string of the molecule is COP1(=O)OCCCO1. The zero-order chi connectivity index (χ0) is 6.74. The largest absolute Gasteiger partial charge is 0.474 e. The van der Waals surface area contributed by atoms with Crippen LogP contribution in [0.5, 0.6) is 0 Å². The molecule has 0 aromatic carbocycles. The summed E-state index contributed by atoms with van der Waals surface area (Å²) in [6.45, 7) is 0.927. The van der Waals surface area contributed by atoms with E-state index in [4.69, 9.17) is 9.05 Å². The lowest BCUT2D eigenvalue weighted by atomic mass is 10.5. The third-order valence-corrected chi connectivity index (χ3v) is 2.46. The van der Waals surface area contributed by atoms with Gasteiger partial charge in [-0.1, -0.05) is 0 Å². The van der Waals surface area contributed by atoms with Gasteiger partial charge in [0.1, 0.15) is 0 Å². The van der Waals surface area contributed by atoms with Crippen molar-refractivity contribution in [2.45, 2.75) is 6.42 Å². The van der Waals surface area contributed by atoms with E-state index in [9.17, 15) is 4.57 Å². The fourth-order valence-electron chi connectivity index (χ4n) is 0.554. The summed E-state index contributed by atoms with van der Waals surface area (Å²) in [7, 11) is -1.78. The molecule has 0 spiro atoms. The topological polar surface area (TPSA) is 44.8 Å². The second kappa shape index (κ2) is 2.80. The summed E-state index contributed by atoms with van der Waals surface area (Å²) in [5.74, 6) is 0. The van der Waals surface area contributed by atoms with E-state index in [-0.39, 0.29) is 0 Å². The lowest BCUT2D eigenvalue weighted by Crippen LogP contribution is -2.08. The van der Waals surface area contributed by atoms with Crippen LogP contribution in [0.4, 0.5) is 0 Å². The zero-order valence-electron chi connectivity index (χ0n) is 5.20. The van der Waals surface area contributed by atoms with Gasteiger partial charge in [0.2, 0.25) is 0 Å².